The van der Waals surface area contributed by atoms with Gasteiger partial charge in [0, 0.05) is 51.7 Å². The Hall–Kier alpha value is 0.194. The summed E-state index contributed by atoms with van der Waals surface area (Å²) in [5, 5.41) is 0. The number of rotatable bonds is 22. The Morgan fingerprint density at radius 1 is 0.355 bits per heavy atom. The second kappa shape index (κ2) is 23.4. The molecule has 8 heteroatoms. The molecular weight excluding hydrogens is 428 g/mol. The summed E-state index contributed by atoms with van der Waals surface area (Å²) in [4.78, 5) is 0. The van der Waals surface area contributed by atoms with E-state index in [9.17, 15) is 0 Å². The normalized spacial score (nSPS) is 12.0. The van der Waals surface area contributed by atoms with Gasteiger partial charge < -0.3 is 26.6 Å². The molecule has 0 aliphatic rings. The van der Waals surface area contributed by atoms with E-state index in [1.165, 1.54) is 32.1 Å². The third-order valence-electron chi connectivity index (χ3n) is 4.65. The van der Waals surface area contributed by atoms with Crippen LogP contribution in [0.3, 0.4) is 0 Å². The van der Waals surface area contributed by atoms with Gasteiger partial charge in [0.2, 0.25) is 0 Å². The molecular formula is C23H54O6Si2. The van der Waals surface area contributed by atoms with E-state index >= 15 is 0 Å². The van der Waals surface area contributed by atoms with Gasteiger partial charge in [0.1, 0.15) is 0 Å². The van der Waals surface area contributed by atoms with Crippen molar-refractivity contribution in [2.75, 3.05) is 39.6 Å². The molecule has 0 atom stereocenters. The third kappa shape index (κ3) is 16.5. The molecule has 0 unspecified atom stereocenters. The fourth-order valence-electron chi connectivity index (χ4n) is 3.57. The van der Waals surface area contributed by atoms with Crippen molar-refractivity contribution in [2.45, 2.75) is 112 Å². The molecule has 0 heterocycles. The van der Waals surface area contributed by atoms with Crippen molar-refractivity contribution in [1.82, 2.24) is 0 Å². The molecule has 0 aromatic heterocycles. The van der Waals surface area contributed by atoms with Gasteiger partial charge in [0.25, 0.3) is 0 Å². The van der Waals surface area contributed by atoms with Crippen LogP contribution in [-0.2, 0) is 26.6 Å². The van der Waals surface area contributed by atoms with Gasteiger partial charge in [0.15, 0.2) is 0 Å². The second-order valence-corrected chi connectivity index (χ2v) is 12.4. The Kier molecular flexibility index (Phi) is 25.1. The molecule has 0 fully saturated rings. The summed E-state index contributed by atoms with van der Waals surface area (Å²) in [6.45, 7) is 20.0. The molecule has 0 bridgehead atoms. The molecule has 0 saturated carbocycles. The minimum Gasteiger partial charge on any atom is -0.374 e. The molecule has 0 aromatic carbocycles. The van der Waals surface area contributed by atoms with Crippen LogP contribution in [0.2, 0.25) is 12.1 Å². The van der Waals surface area contributed by atoms with E-state index in [0.717, 1.165) is 24.9 Å². The Morgan fingerprint density at radius 3 is 0.742 bits per heavy atom. The van der Waals surface area contributed by atoms with Crippen LogP contribution in [0.25, 0.3) is 0 Å². The van der Waals surface area contributed by atoms with E-state index in [0.29, 0.717) is 39.6 Å². The van der Waals surface area contributed by atoms with Gasteiger partial charge >= 0.3 is 17.6 Å². The highest BCUT2D eigenvalue weighted by Gasteiger charge is 2.40. The fourth-order valence-corrected chi connectivity index (χ4v) is 8.94. The van der Waals surface area contributed by atoms with Crippen LogP contribution in [0, 0.1) is 0 Å². The summed E-state index contributed by atoms with van der Waals surface area (Å²) in [6, 6.07) is 1.85. The van der Waals surface area contributed by atoms with Crippen LogP contribution in [0.1, 0.15) is 100 Å². The SMILES string of the molecule is CC.CCO[Si](CCCCCCCCC[Si](OCC)(OCC)OCC)(OCC)OCC. The first-order valence-electron chi connectivity index (χ1n) is 12.9. The van der Waals surface area contributed by atoms with Crippen molar-refractivity contribution >= 4 is 17.6 Å². The highest BCUT2D eigenvalue weighted by molar-refractivity contribution is 6.61. The molecule has 0 rings (SSSR count). The van der Waals surface area contributed by atoms with Gasteiger partial charge in [-0.2, -0.15) is 0 Å². The van der Waals surface area contributed by atoms with Crippen molar-refractivity contribution in [3.05, 3.63) is 0 Å². The molecule has 0 radical (unpaired) electrons. The minimum atomic E-state index is -2.46. The maximum Gasteiger partial charge on any atom is 0.500 e. The van der Waals surface area contributed by atoms with Gasteiger partial charge in [-0.25, -0.2) is 0 Å². The summed E-state index contributed by atoms with van der Waals surface area (Å²) in [5.41, 5.74) is 0. The average Bonchev–Trinajstić information content (AvgIpc) is 2.75. The highest BCUT2D eigenvalue weighted by Crippen LogP contribution is 2.22. The Labute approximate surface area is 196 Å². The van der Waals surface area contributed by atoms with Crippen LogP contribution >= 0.6 is 0 Å². The first kappa shape index (κ1) is 33.4. The van der Waals surface area contributed by atoms with Crippen molar-refractivity contribution in [2.24, 2.45) is 0 Å². The molecule has 0 amide bonds. The maximum absolute atomic E-state index is 5.92. The van der Waals surface area contributed by atoms with Crippen molar-refractivity contribution in [1.29, 1.82) is 0 Å². The van der Waals surface area contributed by atoms with Crippen molar-refractivity contribution in [3.8, 4) is 0 Å². The predicted molar refractivity (Wildman–Crippen MR) is 135 cm³/mol. The zero-order valence-electron chi connectivity index (χ0n) is 22.1. The Bertz CT molecular complexity index is 295. The molecule has 0 spiro atoms. The summed E-state index contributed by atoms with van der Waals surface area (Å²) in [6.07, 6.45) is 8.40. The Balaban J connectivity index is 0. The van der Waals surface area contributed by atoms with E-state index in [1.54, 1.807) is 0 Å². The maximum atomic E-state index is 5.92. The molecule has 6 nitrogen and oxygen atoms in total. The highest BCUT2D eigenvalue weighted by atomic mass is 28.4. The molecule has 31 heavy (non-hydrogen) atoms. The molecule has 190 valence electrons. The lowest BCUT2D eigenvalue weighted by molar-refractivity contribution is 0.0700. The number of unbranched alkanes of at least 4 members (excludes halogenated alkanes) is 6. The minimum absolute atomic E-state index is 0.655. The van der Waals surface area contributed by atoms with Crippen LogP contribution in [0.15, 0.2) is 0 Å². The zero-order chi connectivity index (χ0) is 23.8. The van der Waals surface area contributed by atoms with Crippen LogP contribution in [0.5, 0.6) is 0 Å². The fraction of sp³-hybridized carbons (Fsp3) is 1.00. The van der Waals surface area contributed by atoms with Gasteiger partial charge in [-0.3, -0.25) is 0 Å². The summed E-state index contributed by atoms with van der Waals surface area (Å²) in [5.74, 6) is 0. The van der Waals surface area contributed by atoms with Gasteiger partial charge in [-0.05, 0) is 54.4 Å². The Morgan fingerprint density at radius 2 is 0.548 bits per heavy atom. The smallest absolute Gasteiger partial charge is 0.374 e. The van der Waals surface area contributed by atoms with Gasteiger partial charge in [-0.15, -0.1) is 0 Å². The number of hydrogen-bond acceptors (Lipinski definition) is 6. The van der Waals surface area contributed by atoms with Crippen LogP contribution in [-0.4, -0.2) is 57.3 Å². The van der Waals surface area contributed by atoms with E-state index in [-0.39, 0.29) is 0 Å². The molecule has 0 N–H and O–H groups in total. The van der Waals surface area contributed by atoms with Crippen LogP contribution in [0.4, 0.5) is 0 Å². The quantitative estimate of drug-likeness (QED) is 0.124. The second-order valence-electron chi connectivity index (χ2n) is 6.94. The first-order valence-corrected chi connectivity index (χ1v) is 16.8. The molecule has 0 aliphatic carbocycles. The number of hydrogen-bond donors (Lipinski definition) is 0. The first-order chi connectivity index (χ1) is 15.1. The lowest BCUT2D eigenvalue weighted by Crippen LogP contribution is -2.45. The predicted octanol–water partition coefficient (Wildman–Crippen LogP) is 6.84. The summed E-state index contributed by atoms with van der Waals surface area (Å²) in [7, 11) is -4.92. The lowest BCUT2D eigenvalue weighted by Gasteiger charge is -2.28. The standard InChI is InChI=1S/C21H48O6Si2.C2H6/c1-7-22-28(23-8-2,24-9-3)20-18-16-14-13-15-17-19-21-29(25-10-4,26-11-5)27-12-6;1-2/h7-21H2,1-6H3;1-2H3. The van der Waals surface area contributed by atoms with Gasteiger partial charge in [-0.1, -0.05) is 46.0 Å². The summed E-state index contributed by atoms with van der Waals surface area (Å²) < 4.78 is 35.5. The van der Waals surface area contributed by atoms with E-state index < -0.39 is 17.6 Å². The molecule has 0 saturated heterocycles. The monoisotopic (exact) mass is 482 g/mol. The third-order valence-corrected chi connectivity index (χ3v) is 11.0. The topological polar surface area (TPSA) is 55.4 Å². The molecule has 0 aliphatic heterocycles. The van der Waals surface area contributed by atoms with Gasteiger partial charge in [0.05, 0.1) is 0 Å². The molecule has 0 aromatic rings. The van der Waals surface area contributed by atoms with Crippen molar-refractivity contribution in [3.63, 3.8) is 0 Å². The van der Waals surface area contributed by atoms with Crippen LogP contribution < -0.4 is 0 Å². The van der Waals surface area contributed by atoms with Crippen molar-refractivity contribution < 1.29 is 26.6 Å². The average molecular weight is 483 g/mol. The van der Waals surface area contributed by atoms with E-state index in [1.807, 2.05) is 55.4 Å². The summed E-state index contributed by atoms with van der Waals surface area (Å²) >= 11 is 0. The lowest BCUT2D eigenvalue weighted by atomic mass is 10.1. The zero-order valence-corrected chi connectivity index (χ0v) is 24.1. The van der Waals surface area contributed by atoms with E-state index in [2.05, 4.69) is 0 Å². The van der Waals surface area contributed by atoms with E-state index in [4.69, 9.17) is 26.6 Å². The largest absolute Gasteiger partial charge is 0.500 e.